The summed E-state index contributed by atoms with van der Waals surface area (Å²) in [5.41, 5.74) is 21.6. The fourth-order valence-electron chi connectivity index (χ4n) is 4.93. The molecule has 0 aliphatic rings. The van der Waals surface area contributed by atoms with Crippen LogP contribution in [0.4, 0.5) is 0 Å². The zero-order valence-electron chi connectivity index (χ0n) is 23.4. The molecule has 36 heavy (non-hydrogen) atoms. The molecule has 0 heterocycles. The molecule has 2 aromatic rings. The van der Waals surface area contributed by atoms with Crippen LogP contribution >= 0.6 is 20.3 Å². The Labute approximate surface area is 236 Å². The molecule has 0 saturated heterocycles. The normalized spacial score (nSPS) is 13.4. The van der Waals surface area contributed by atoms with E-state index in [2.05, 4.69) is 91.8 Å². The van der Waals surface area contributed by atoms with Gasteiger partial charge in [-0.1, -0.05) is 105 Å². The predicted molar refractivity (Wildman–Crippen MR) is 157 cm³/mol. The summed E-state index contributed by atoms with van der Waals surface area (Å²) in [4.78, 5) is 0. The van der Waals surface area contributed by atoms with Crippen molar-refractivity contribution >= 4 is 20.3 Å². The average molecular weight is 581 g/mol. The van der Waals surface area contributed by atoms with E-state index in [1.54, 1.807) is 0 Å². The van der Waals surface area contributed by atoms with Gasteiger partial charge in [0.15, 0.2) is 0 Å². The van der Waals surface area contributed by atoms with Crippen molar-refractivity contribution in [1.82, 2.24) is 0 Å². The molecule has 206 valence electrons. The molecule has 2 rings (SSSR count). The van der Waals surface area contributed by atoms with Crippen LogP contribution in [0.25, 0.3) is 5.32 Å². The van der Waals surface area contributed by atoms with Gasteiger partial charge in [-0.2, -0.15) is 0 Å². The van der Waals surface area contributed by atoms with E-state index in [1.807, 2.05) is 0 Å². The van der Waals surface area contributed by atoms with E-state index in [0.717, 1.165) is 25.9 Å². The first-order valence-electron chi connectivity index (χ1n) is 13.2. The molecule has 6 heteroatoms. The van der Waals surface area contributed by atoms with E-state index in [-0.39, 0.29) is 12.1 Å². The summed E-state index contributed by atoms with van der Waals surface area (Å²) in [5.74, 6) is 1.87. The fourth-order valence-corrected chi connectivity index (χ4v) is 4.93. The van der Waals surface area contributed by atoms with Crippen molar-refractivity contribution < 1.29 is 12.9 Å². The second-order valence-corrected chi connectivity index (χ2v) is 12.5. The third-order valence-electron chi connectivity index (χ3n) is 6.77. The van der Waals surface area contributed by atoms with Gasteiger partial charge in [-0.15, -0.1) is 13.1 Å². The van der Waals surface area contributed by atoms with E-state index < -0.39 is 0 Å². The van der Waals surface area contributed by atoms with Crippen LogP contribution in [0.2, 0.25) is 0 Å². The predicted octanol–water partition coefficient (Wildman–Crippen LogP) is 9.41. The van der Waals surface area contributed by atoms with Gasteiger partial charge in [0.2, 0.25) is 0 Å². The van der Waals surface area contributed by atoms with Crippen LogP contribution in [-0.2, 0) is 12.9 Å². The molecule has 0 aliphatic carbocycles. The zero-order chi connectivity index (χ0) is 27.4. The van der Waals surface area contributed by atoms with Crippen molar-refractivity contribution in [2.24, 2.45) is 11.5 Å². The molecule has 0 radical (unpaired) electrons. The Morgan fingerprint density at radius 2 is 0.861 bits per heavy atom. The van der Waals surface area contributed by atoms with Gasteiger partial charge in [0.1, 0.15) is 0 Å². The van der Waals surface area contributed by atoms with Crippen LogP contribution in [0.1, 0.15) is 137 Å². The molecule has 0 fully saturated rings. The topological polar surface area (TPSA) is 66.1 Å². The quantitative estimate of drug-likeness (QED) is 0.246. The maximum atomic E-state index is 6.73. The maximum absolute atomic E-state index is 6.73. The molecular formula is C30H48Cl2CoN3. The van der Waals surface area contributed by atoms with Gasteiger partial charge < -0.3 is 16.8 Å². The standard InChI is InChI=1S/C30H48N3.2ClH.Co/c1-19(2)23-11-9-12-24(20(3)4)29(23)27(31)15-17-33-18-16-28(32)30-25(21(5)6)13-10-14-26(30)22(7)8;;;/h9-14,19-22,27-28H,15-18,31-32H2,1-8H3;2*1H;/q-1;;;+3/p-2. The summed E-state index contributed by atoms with van der Waals surface area (Å²) in [6.07, 6.45) is 1.75. The van der Waals surface area contributed by atoms with Crippen molar-refractivity contribution in [3.63, 3.8) is 0 Å². The van der Waals surface area contributed by atoms with E-state index in [1.165, 1.54) is 33.4 Å². The molecule has 0 aliphatic heterocycles. The van der Waals surface area contributed by atoms with Gasteiger partial charge in [0.25, 0.3) is 0 Å². The first-order chi connectivity index (χ1) is 17.0. The minimum atomic E-state index is 0.0210. The molecule has 0 aromatic heterocycles. The Kier molecular flexibility index (Phi) is 15.9. The van der Waals surface area contributed by atoms with Crippen molar-refractivity contribution in [2.45, 2.75) is 104 Å². The summed E-state index contributed by atoms with van der Waals surface area (Å²) in [5, 5.41) is 4.84. The van der Waals surface area contributed by atoms with Crippen LogP contribution in [-0.4, -0.2) is 13.1 Å². The van der Waals surface area contributed by atoms with Gasteiger partial charge in [0, 0.05) is 12.1 Å². The molecule has 2 aromatic carbocycles. The first-order valence-corrected chi connectivity index (χ1v) is 16.1. The number of rotatable bonds is 12. The average Bonchev–Trinajstić information content (AvgIpc) is 2.82. The molecular weight excluding hydrogens is 532 g/mol. The van der Waals surface area contributed by atoms with Crippen LogP contribution in [0, 0.1) is 0 Å². The first kappa shape index (κ1) is 33.4. The Morgan fingerprint density at radius 1 is 0.611 bits per heavy atom. The third-order valence-corrected chi connectivity index (χ3v) is 6.77. The molecule has 3 nitrogen and oxygen atoms in total. The van der Waals surface area contributed by atoms with Crippen molar-refractivity contribution in [1.29, 1.82) is 0 Å². The fraction of sp³-hybridized carbons (Fsp3) is 0.600. The van der Waals surface area contributed by atoms with Crippen molar-refractivity contribution in [3.05, 3.63) is 75.1 Å². The van der Waals surface area contributed by atoms with Crippen LogP contribution in [0.5, 0.6) is 0 Å². The molecule has 0 amide bonds. The number of hydrogen-bond donors (Lipinski definition) is 2. The van der Waals surface area contributed by atoms with E-state index in [9.17, 15) is 0 Å². The molecule has 4 N–H and O–H groups in total. The van der Waals surface area contributed by atoms with E-state index in [0.29, 0.717) is 36.6 Å². The SMILES string of the molecule is CC(C)c1cccc(C(C)C)c1C(N)CC[N-]CCC(N)c1c(C(C)C)cccc1C(C)C.[Cl][Co+][Cl]. The molecule has 0 bridgehead atoms. The summed E-state index contributed by atoms with van der Waals surface area (Å²) >= 11 is 0.382. The third kappa shape index (κ3) is 9.94. The Morgan fingerprint density at radius 3 is 1.08 bits per heavy atom. The Balaban J connectivity index is 0.00000205. The number of halogens is 2. The van der Waals surface area contributed by atoms with Crippen LogP contribution in [0.15, 0.2) is 36.4 Å². The molecule has 2 atom stereocenters. The minimum absolute atomic E-state index is 0.0210. The van der Waals surface area contributed by atoms with Gasteiger partial charge in [-0.3, -0.25) is 0 Å². The van der Waals surface area contributed by atoms with Gasteiger partial charge >= 0.3 is 33.2 Å². The summed E-state index contributed by atoms with van der Waals surface area (Å²) in [6.45, 7) is 19.6. The number of hydrogen-bond acceptors (Lipinski definition) is 2. The monoisotopic (exact) mass is 579 g/mol. The van der Waals surface area contributed by atoms with E-state index >= 15 is 0 Å². The molecule has 0 spiro atoms. The number of nitrogens with zero attached hydrogens (tertiary/aromatic N) is 1. The molecule has 0 saturated carbocycles. The number of nitrogens with two attached hydrogens (primary N) is 2. The summed E-state index contributed by atoms with van der Waals surface area (Å²) in [7, 11) is 9.47. The van der Waals surface area contributed by atoms with Crippen molar-refractivity contribution in [2.75, 3.05) is 13.1 Å². The van der Waals surface area contributed by atoms with Crippen molar-refractivity contribution in [3.8, 4) is 0 Å². The summed E-state index contributed by atoms with van der Waals surface area (Å²) < 4.78 is 0. The second kappa shape index (κ2) is 17.1. The Hall–Kier alpha value is -0.594. The van der Waals surface area contributed by atoms with Gasteiger partial charge in [0.05, 0.1) is 0 Å². The van der Waals surface area contributed by atoms with Gasteiger partial charge in [-0.05, 0) is 57.1 Å². The van der Waals surface area contributed by atoms with Crippen LogP contribution < -0.4 is 11.5 Å². The van der Waals surface area contributed by atoms with Gasteiger partial charge in [-0.25, -0.2) is 0 Å². The molecule has 2 unspecified atom stereocenters. The second-order valence-electron chi connectivity index (χ2n) is 10.8. The zero-order valence-corrected chi connectivity index (χ0v) is 26.0. The Bertz CT molecular complexity index is 776. The van der Waals surface area contributed by atoms with Crippen LogP contribution in [0.3, 0.4) is 0 Å². The number of benzene rings is 2. The summed E-state index contributed by atoms with van der Waals surface area (Å²) in [6, 6.07) is 13.3. The van der Waals surface area contributed by atoms with E-state index in [4.69, 9.17) is 37.1 Å².